The van der Waals surface area contributed by atoms with Crippen molar-refractivity contribution in [1.82, 2.24) is 0 Å². The highest BCUT2D eigenvalue weighted by Crippen LogP contribution is 2.11. The van der Waals surface area contributed by atoms with Crippen LogP contribution in [0.2, 0.25) is 0 Å². The molecular formula is C24H23NO2. The van der Waals surface area contributed by atoms with Crippen LogP contribution in [0, 0.1) is 11.3 Å². The highest BCUT2D eigenvalue weighted by atomic mass is 16.5. The third-order valence-electron chi connectivity index (χ3n) is 3.28. The summed E-state index contributed by atoms with van der Waals surface area (Å²) >= 11 is 0. The highest BCUT2D eigenvalue weighted by molar-refractivity contribution is 5.86. The van der Waals surface area contributed by atoms with Gasteiger partial charge >= 0.3 is 5.97 Å². The van der Waals surface area contributed by atoms with E-state index in [9.17, 15) is 4.79 Å². The number of benzene rings is 2. The molecule has 0 spiro atoms. The molecule has 0 aliphatic carbocycles. The Balaban J connectivity index is 0.000000445. The fraction of sp³-hybridized carbons (Fsp3) is 0.0833. The predicted octanol–water partition coefficient (Wildman–Crippen LogP) is 5.60. The van der Waals surface area contributed by atoms with Gasteiger partial charge in [0.05, 0.1) is 13.2 Å². The normalized spacial score (nSPS) is 10.8. The number of nitriles is 1. The SMILES string of the molecule is C=C(C)C(=O)OC.N#CC=CC(C=Cc1ccccc1)=Cc1ccccc1. The summed E-state index contributed by atoms with van der Waals surface area (Å²) in [6.07, 6.45) is 9.40. The van der Waals surface area contributed by atoms with E-state index in [1.807, 2.05) is 91.0 Å². The molecule has 0 amide bonds. The van der Waals surface area contributed by atoms with Gasteiger partial charge < -0.3 is 4.74 Å². The van der Waals surface area contributed by atoms with Crippen LogP contribution in [0.3, 0.4) is 0 Å². The summed E-state index contributed by atoms with van der Waals surface area (Å²) in [6.45, 7) is 4.95. The molecule has 2 aromatic rings. The lowest BCUT2D eigenvalue weighted by Crippen LogP contribution is -1.98. The Morgan fingerprint density at radius 1 is 1.00 bits per heavy atom. The summed E-state index contributed by atoms with van der Waals surface area (Å²) in [7, 11) is 1.33. The van der Waals surface area contributed by atoms with E-state index in [0.29, 0.717) is 5.57 Å². The van der Waals surface area contributed by atoms with Gasteiger partial charge in [0.15, 0.2) is 0 Å². The van der Waals surface area contributed by atoms with Crippen LogP contribution in [0.25, 0.3) is 12.2 Å². The standard InChI is InChI=1S/C19H15N.C5H8O2/c20-15-7-12-19(16-18-10-5-2-6-11-18)14-13-17-8-3-1-4-9-17;1-4(2)5(6)7-3/h1-14,16H;1H2,2-3H3. The number of esters is 1. The maximum absolute atomic E-state index is 10.2. The molecule has 0 radical (unpaired) electrons. The van der Waals surface area contributed by atoms with Crippen LogP contribution in [0.1, 0.15) is 18.1 Å². The van der Waals surface area contributed by atoms with E-state index >= 15 is 0 Å². The molecule has 2 aromatic carbocycles. The molecule has 3 heteroatoms. The zero-order valence-electron chi connectivity index (χ0n) is 15.6. The molecule has 0 atom stereocenters. The Morgan fingerprint density at radius 3 is 2.00 bits per heavy atom. The number of hydrogen-bond donors (Lipinski definition) is 0. The first-order valence-corrected chi connectivity index (χ1v) is 8.36. The van der Waals surface area contributed by atoms with E-state index in [1.54, 1.807) is 6.92 Å². The van der Waals surface area contributed by atoms with E-state index in [2.05, 4.69) is 11.3 Å². The average Bonchev–Trinajstić information content (AvgIpc) is 2.71. The number of carbonyl (C=O) groups excluding carboxylic acids is 1. The number of allylic oxidation sites excluding steroid dienone is 4. The molecule has 0 aliphatic rings. The topological polar surface area (TPSA) is 50.1 Å². The Kier molecular flexibility index (Phi) is 10.1. The van der Waals surface area contributed by atoms with E-state index in [-0.39, 0.29) is 5.97 Å². The van der Waals surface area contributed by atoms with Crippen molar-refractivity contribution < 1.29 is 9.53 Å². The van der Waals surface area contributed by atoms with Gasteiger partial charge in [-0.3, -0.25) is 0 Å². The van der Waals surface area contributed by atoms with E-state index < -0.39 is 0 Å². The van der Waals surface area contributed by atoms with Crippen LogP contribution < -0.4 is 0 Å². The molecule has 0 fully saturated rings. The molecule has 0 aromatic heterocycles. The smallest absolute Gasteiger partial charge is 0.332 e. The van der Waals surface area contributed by atoms with Crippen LogP contribution >= 0.6 is 0 Å². The van der Waals surface area contributed by atoms with E-state index in [1.165, 1.54) is 13.2 Å². The van der Waals surface area contributed by atoms with Crippen LogP contribution in [-0.2, 0) is 9.53 Å². The number of carbonyl (C=O) groups is 1. The zero-order valence-corrected chi connectivity index (χ0v) is 15.6. The molecule has 0 aliphatic heterocycles. The Morgan fingerprint density at radius 2 is 1.56 bits per heavy atom. The Hall–Kier alpha value is -3.64. The van der Waals surface area contributed by atoms with Gasteiger partial charge in [0.2, 0.25) is 0 Å². The second-order valence-electron chi connectivity index (χ2n) is 5.53. The second-order valence-corrected chi connectivity index (χ2v) is 5.53. The quantitative estimate of drug-likeness (QED) is 0.303. The molecule has 0 unspecified atom stereocenters. The van der Waals surface area contributed by atoms with Gasteiger partial charge in [-0.05, 0) is 35.8 Å². The lowest BCUT2D eigenvalue weighted by atomic mass is 10.1. The number of nitrogens with zero attached hydrogens (tertiary/aromatic N) is 1. The highest BCUT2D eigenvalue weighted by Gasteiger charge is 1.95. The maximum Gasteiger partial charge on any atom is 0.332 e. The molecule has 3 nitrogen and oxygen atoms in total. The Labute approximate surface area is 161 Å². The fourth-order valence-electron chi connectivity index (χ4n) is 1.96. The molecule has 0 saturated heterocycles. The predicted molar refractivity (Wildman–Crippen MR) is 111 cm³/mol. The van der Waals surface area contributed by atoms with E-state index in [4.69, 9.17) is 5.26 Å². The molecule has 0 N–H and O–H groups in total. The molecular weight excluding hydrogens is 334 g/mol. The molecule has 0 bridgehead atoms. The maximum atomic E-state index is 10.2. The summed E-state index contributed by atoms with van der Waals surface area (Å²) in [6, 6.07) is 22.2. The molecule has 136 valence electrons. The third-order valence-corrected chi connectivity index (χ3v) is 3.28. The summed E-state index contributed by atoms with van der Waals surface area (Å²) in [5.74, 6) is -0.347. The third kappa shape index (κ3) is 9.42. The summed E-state index contributed by atoms with van der Waals surface area (Å²) in [5, 5.41) is 8.68. The minimum Gasteiger partial charge on any atom is -0.466 e. The van der Waals surface area contributed by atoms with Gasteiger partial charge in [0, 0.05) is 11.6 Å². The van der Waals surface area contributed by atoms with Crippen molar-refractivity contribution in [2.75, 3.05) is 7.11 Å². The lowest BCUT2D eigenvalue weighted by molar-refractivity contribution is -0.136. The van der Waals surface area contributed by atoms with Crippen LogP contribution in [0.15, 0.2) is 96.6 Å². The second kappa shape index (κ2) is 12.7. The van der Waals surface area contributed by atoms with Gasteiger partial charge in [-0.2, -0.15) is 5.26 Å². The van der Waals surface area contributed by atoms with Crippen molar-refractivity contribution in [3.05, 3.63) is 108 Å². The Bertz CT molecular complexity index is 854. The average molecular weight is 357 g/mol. The van der Waals surface area contributed by atoms with Crippen molar-refractivity contribution in [2.45, 2.75) is 6.92 Å². The molecule has 2 rings (SSSR count). The van der Waals surface area contributed by atoms with Gasteiger partial charge in [-0.25, -0.2) is 4.79 Å². The largest absolute Gasteiger partial charge is 0.466 e. The number of rotatable bonds is 5. The zero-order chi connectivity index (χ0) is 19.9. The molecule has 0 saturated carbocycles. The minimum atomic E-state index is -0.347. The summed E-state index contributed by atoms with van der Waals surface area (Å²) in [4.78, 5) is 10.2. The van der Waals surface area contributed by atoms with Crippen molar-refractivity contribution in [2.24, 2.45) is 0 Å². The molecule has 27 heavy (non-hydrogen) atoms. The first kappa shape index (κ1) is 21.4. The van der Waals surface area contributed by atoms with Crippen molar-refractivity contribution in [1.29, 1.82) is 5.26 Å². The van der Waals surface area contributed by atoms with Crippen LogP contribution in [0.5, 0.6) is 0 Å². The number of hydrogen-bond acceptors (Lipinski definition) is 3. The van der Waals surface area contributed by atoms with E-state index in [0.717, 1.165) is 16.7 Å². The van der Waals surface area contributed by atoms with Gasteiger partial charge in [-0.1, -0.05) is 79.4 Å². The van der Waals surface area contributed by atoms with Gasteiger partial charge in [0.25, 0.3) is 0 Å². The number of ether oxygens (including phenoxy) is 1. The molecule has 0 heterocycles. The summed E-state index contributed by atoms with van der Waals surface area (Å²) < 4.78 is 4.27. The summed E-state index contributed by atoms with van der Waals surface area (Å²) in [5.41, 5.74) is 3.67. The van der Waals surface area contributed by atoms with Gasteiger partial charge in [0.1, 0.15) is 0 Å². The number of methoxy groups -OCH3 is 1. The van der Waals surface area contributed by atoms with Crippen molar-refractivity contribution >= 4 is 18.1 Å². The van der Waals surface area contributed by atoms with Crippen molar-refractivity contribution in [3.8, 4) is 6.07 Å². The van der Waals surface area contributed by atoms with Crippen LogP contribution in [0.4, 0.5) is 0 Å². The van der Waals surface area contributed by atoms with Crippen molar-refractivity contribution in [3.63, 3.8) is 0 Å². The monoisotopic (exact) mass is 357 g/mol. The first-order valence-electron chi connectivity index (χ1n) is 8.36. The van der Waals surface area contributed by atoms with Gasteiger partial charge in [-0.15, -0.1) is 0 Å². The lowest BCUT2D eigenvalue weighted by Gasteiger charge is -1.97. The minimum absolute atomic E-state index is 0.347. The first-order chi connectivity index (χ1) is 13.1. The van der Waals surface area contributed by atoms with Crippen LogP contribution in [-0.4, -0.2) is 13.1 Å². The fourth-order valence-corrected chi connectivity index (χ4v) is 1.96.